The van der Waals surface area contributed by atoms with Crippen molar-refractivity contribution in [3.8, 4) is 0 Å². The molecule has 0 spiro atoms. The van der Waals surface area contributed by atoms with E-state index in [1.165, 1.54) is 0 Å². The molecule has 0 saturated carbocycles. The van der Waals surface area contributed by atoms with Gasteiger partial charge in [-0.3, -0.25) is 0 Å². The highest BCUT2D eigenvalue weighted by Crippen LogP contribution is 2.40. The van der Waals surface area contributed by atoms with Crippen LogP contribution in [0.3, 0.4) is 0 Å². The van der Waals surface area contributed by atoms with Crippen LogP contribution in [-0.4, -0.2) is 59.8 Å². The molecule has 1 aliphatic rings. The van der Waals surface area contributed by atoms with Gasteiger partial charge in [-0.25, -0.2) is 4.90 Å². The molecule has 3 nitrogen and oxygen atoms in total. The van der Waals surface area contributed by atoms with E-state index >= 15 is 0 Å². The summed E-state index contributed by atoms with van der Waals surface area (Å²) in [4.78, 5) is -2.71. The van der Waals surface area contributed by atoms with Crippen molar-refractivity contribution in [2.24, 2.45) is 0 Å². The third-order valence-electron chi connectivity index (χ3n) is 2.83. The zero-order valence-corrected chi connectivity index (χ0v) is 10.8. The van der Waals surface area contributed by atoms with Crippen molar-refractivity contribution >= 4 is 0 Å². The van der Waals surface area contributed by atoms with Crippen LogP contribution in [0, 0.1) is 0 Å². The lowest BCUT2D eigenvalue weighted by Crippen LogP contribution is -2.57. The van der Waals surface area contributed by atoms with Gasteiger partial charge in [0.1, 0.15) is 0 Å². The Kier molecular flexibility index (Phi) is 5.28. The number of alkyl halides is 9. The lowest BCUT2D eigenvalue weighted by atomic mass is 10.3. The second-order valence-corrected chi connectivity index (χ2v) is 4.30. The summed E-state index contributed by atoms with van der Waals surface area (Å²) in [7, 11) is 0. The SMILES string of the molecule is FC(F)=C(N1CCN(C(F)(F)F)CC1)N(C(F)(F)F)C(F)(F)F. The van der Waals surface area contributed by atoms with Gasteiger partial charge in [-0.1, -0.05) is 0 Å². The van der Waals surface area contributed by atoms with Crippen LogP contribution in [0.15, 0.2) is 11.9 Å². The first-order chi connectivity index (χ1) is 10.2. The Morgan fingerprint density at radius 1 is 0.696 bits per heavy atom. The van der Waals surface area contributed by atoms with E-state index in [1.807, 2.05) is 0 Å². The standard InChI is InChI=1S/C9H8F11N3/c10-5(11)6(23(8(15,16)17)9(18,19)20)21-1-3-22(4-2-21)7(12,13)14/h1-4H2. The first-order valence-corrected chi connectivity index (χ1v) is 5.71. The summed E-state index contributed by atoms with van der Waals surface area (Å²) in [5, 5.41) is 0. The highest BCUT2D eigenvalue weighted by atomic mass is 19.4. The van der Waals surface area contributed by atoms with Gasteiger partial charge in [0.15, 0.2) is 5.82 Å². The van der Waals surface area contributed by atoms with E-state index in [-0.39, 0.29) is 9.80 Å². The number of hydrogen-bond donors (Lipinski definition) is 0. The maximum absolute atomic E-state index is 12.7. The van der Waals surface area contributed by atoms with Crippen LogP contribution in [0.1, 0.15) is 0 Å². The summed E-state index contributed by atoms with van der Waals surface area (Å²) in [6, 6.07) is 0. The van der Waals surface area contributed by atoms with E-state index in [0.29, 0.717) is 0 Å². The molecule has 1 fully saturated rings. The van der Waals surface area contributed by atoms with Gasteiger partial charge in [-0.2, -0.15) is 26.9 Å². The summed E-state index contributed by atoms with van der Waals surface area (Å²) >= 11 is 0. The van der Waals surface area contributed by atoms with E-state index in [1.54, 1.807) is 0 Å². The number of rotatable bonds is 2. The molecule has 0 atom stereocenters. The Morgan fingerprint density at radius 3 is 1.35 bits per heavy atom. The molecule has 1 aliphatic heterocycles. The van der Waals surface area contributed by atoms with Gasteiger partial charge in [0.2, 0.25) is 0 Å². The van der Waals surface area contributed by atoms with E-state index < -0.39 is 61.9 Å². The average Bonchev–Trinajstić information content (AvgIpc) is 2.31. The fourth-order valence-corrected chi connectivity index (χ4v) is 1.90. The molecule has 0 aromatic carbocycles. The number of halogens is 11. The molecule has 0 radical (unpaired) electrons. The fraction of sp³-hybridized carbons (Fsp3) is 0.778. The molecule has 0 aromatic rings. The molecular formula is C9H8F11N3. The van der Waals surface area contributed by atoms with Crippen LogP contribution in [0.4, 0.5) is 48.3 Å². The zero-order valence-electron chi connectivity index (χ0n) is 10.8. The molecule has 0 N–H and O–H groups in total. The van der Waals surface area contributed by atoms with Gasteiger partial charge >= 0.3 is 25.0 Å². The second kappa shape index (κ2) is 6.20. The Morgan fingerprint density at radius 2 is 1.09 bits per heavy atom. The Bertz CT molecular complexity index is 423. The van der Waals surface area contributed by atoms with Crippen LogP contribution >= 0.6 is 0 Å². The molecule has 0 aliphatic carbocycles. The fourth-order valence-electron chi connectivity index (χ4n) is 1.90. The van der Waals surface area contributed by atoms with Gasteiger partial charge in [-0.05, 0) is 0 Å². The molecule has 0 aromatic heterocycles. The number of hydrogen-bond acceptors (Lipinski definition) is 3. The van der Waals surface area contributed by atoms with Crippen molar-refractivity contribution in [2.75, 3.05) is 26.2 Å². The van der Waals surface area contributed by atoms with Gasteiger partial charge < -0.3 is 4.90 Å². The smallest absolute Gasteiger partial charge is 0.351 e. The van der Waals surface area contributed by atoms with Crippen LogP contribution in [-0.2, 0) is 0 Å². The predicted octanol–water partition coefficient (Wildman–Crippen LogP) is 3.53. The second-order valence-electron chi connectivity index (χ2n) is 4.30. The number of nitrogens with zero attached hydrogens (tertiary/aromatic N) is 3. The van der Waals surface area contributed by atoms with Crippen molar-refractivity contribution in [2.45, 2.75) is 18.9 Å². The molecule has 0 bridgehead atoms. The Labute approximate surface area is 121 Å². The lowest BCUT2D eigenvalue weighted by molar-refractivity contribution is -0.367. The molecule has 1 rings (SSSR count). The third kappa shape index (κ3) is 4.75. The predicted molar refractivity (Wildman–Crippen MR) is 52.4 cm³/mol. The zero-order chi connectivity index (χ0) is 18.2. The Balaban J connectivity index is 3.08. The van der Waals surface area contributed by atoms with E-state index in [0.717, 1.165) is 0 Å². The van der Waals surface area contributed by atoms with Crippen LogP contribution in [0.2, 0.25) is 0 Å². The molecule has 1 heterocycles. The first-order valence-electron chi connectivity index (χ1n) is 5.71. The highest BCUT2D eigenvalue weighted by Gasteiger charge is 2.57. The van der Waals surface area contributed by atoms with Crippen molar-refractivity contribution in [3.63, 3.8) is 0 Å². The summed E-state index contributed by atoms with van der Waals surface area (Å²) in [5.41, 5.74) is 0. The van der Waals surface area contributed by atoms with Crippen LogP contribution < -0.4 is 0 Å². The Hall–Kier alpha value is -1.47. The monoisotopic (exact) mass is 367 g/mol. The molecule has 1 saturated heterocycles. The topological polar surface area (TPSA) is 9.72 Å². The first kappa shape index (κ1) is 19.6. The maximum Gasteiger partial charge on any atom is 0.493 e. The molecule has 0 amide bonds. The largest absolute Gasteiger partial charge is 0.493 e. The van der Waals surface area contributed by atoms with Gasteiger partial charge in [0, 0.05) is 26.2 Å². The minimum Gasteiger partial charge on any atom is -0.351 e. The summed E-state index contributed by atoms with van der Waals surface area (Å²) < 4.78 is 137. The van der Waals surface area contributed by atoms with Crippen LogP contribution in [0.25, 0.3) is 0 Å². The maximum atomic E-state index is 12.7. The summed E-state index contributed by atoms with van der Waals surface area (Å²) in [6.07, 6.45) is -20.6. The summed E-state index contributed by atoms with van der Waals surface area (Å²) in [5.74, 6) is -2.52. The minimum absolute atomic E-state index is 0.0848. The normalized spacial score (nSPS) is 18.1. The third-order valence-corrected chi connectivity index (χ3v) is 2.83. The molecule has 136 valence electrons. The van der Waals surface area contributed by atoms with Gasteiger partial charge in [0.05, 0.1) is 0 Å². The van der Waals surface area contributed by atoms with E-state index in [2.05, 4.69) is 0 Å². The quantitative estimate of drug-likeness (QED) is 0.546. The molecule has 23 heavy (non-hydrogen) atoms. The molecule has 0 unspecified atom stereocenters. The van der Waals surface area contributed by atoms with Crippen molar-refractivity contribution in [1.82, 2.24) is 14.7 Å². The number of piperazine rings is 1. The molecular weight excluding hydrogens is 359 g/mol. The van der Waals surface area contributed by atoms with Gasteiger partial charge in [0.25, 0.3) is 0 Å². The molecule has 14 heteroatoms. The average molecular weight is 367 g/mol. The summed E-state index contributed by atoms with van der Waals surface area (Å²) in [6.45, 7) is -4.28. The van der Waals surface area contributed by atoms with Gasteiger partial charge in [-0.15, -0.1) is 26.3 Å². The van der Waals surface area contributed by atoms with E-state index in [4.69, 9.17) is 0 Å². The van der Waals surface area contributed by atoms with Crippen molar-refractivity contribution < 1.29 is 48.3 Å². The highest BCUT2D eigenvalue weighted by molar-refractivity contribution is 5.05. The minimum atomic E-state index is -6.22. The lowest BCUT2D eigenvalue weighted by Gasteiger charge is -2.41. The van der Waals surface area contributed by atoms with Crippen molar-refractivity contribution in [3.05, 3.63) is 11.9 Å². The van der Waals surface area contributed by atoms with Crippen LogP contribution in [0.5, 0.6) is 0 Å². The van der Waals surface area contributed by atoms with Crippen molar-refractivity contribution in [1.29, 1.82) is 0 Å². The van der Waals surface area contributed by atoms with E-state index in [9.17, 15) is 48.3 Å².